The van der Waals surface area contributed by atoms with Gasteiger partial charge in [-0.05, 0) is 111 Å². The third-order valence-electron chi connectivity index (χ3n) is 11.2. The Bertz CT molecular complexity index is 682. The quantitative estimate of drug-likeness (QED) is 0.561. The second-order valence-electron chi connectivity index (χ2n) is 12.5. The molecule has 3 saturated carbocycles. The fourth-order valence-corrected chi connectivity index (χ4v) is 9.25. The molecule has 11 atom stereocenters. The molecular weight excluding hydrogens is 370 g/mol. The summed E-state index contributed by atoms with van der Waals surface area (Å²) in [4.78, 5) is 0. The predicted molar refractivity (Wildman–Crippen MR) is 122 cm³/mol. The molecule has 0 spiro atoms. The van der Waals surface area contributed by atoms with Crippen LogP contribution in [0.25, 0.3) is 0 Å². The van der Waals surface area contributed by atoms with E-state index in [1.807, 2.05) is 0 Å². The van der Waals surface area contributed by atoms with Crippen molar-refractivity contribution in [3.63, 3.8) is 0 Å². The molecule has 0 bridgehead atoms. The molecule has 0 aromatic carbocycles. The van der Waals surface area contributed by atoms with Crippen LogP contribution in [-0.2, 0) is 0 Å². The van der Waals surface area contributed by atoms with Gasteiger partial charge >= 0.3 is 0 Å². The monoisotopic (exact) mass is 415 g/mol. The smallest absolute Gasteiger partial charge is 0.0602 e. The van der Waals surface area contributed by atoms with Crippen LogP contribution in [0.15, 0.2) is 11.6 Å². The van der Waals surface area contributed by atoms with Crippen LogP contribution in [0.1, 0.15) is 85.5 Å². The lowest BCUT2D eigenvalue weighted by atomic mass is 9.46. The molecule has 1 aliphatic heterocycles. The molecule has 0 amide bonds. The van der Waals surface area contributed by atoms with E-state index in [1.54, 1.807) is 0 Å². The zero-order valence-corrected chi connectivity index (χ0v) is 19.7. The molecule has 0 aromatic rings. The Morgan fingerprint density at radius 3 is 2.60 bits per heavy atom. The van der Waals surface area contributed by atoms with Crippen molar-refractivity contribution in [1.82, 2.24) is 5.32 Å². The summed E-state index contributed by atoms with van der Waals surface area (Å²) in [5, 5.41) is 25.8. The first-order chi connectivity index (χ1) is 14.2. The summed E-state index contributed by atoms with van der Waals surface area (Å²) in [5.41, 5.74) is 1.78. The number of allylic oxidation sites excluding steroid dienone is 1. The van der Waals surface area contributed by atoms with Crippen molar-refractivity contribution >= 4 is 0 Å². The van der Waals surface area contributed by atoms with Gasteiger partial charge in [0.2, 0.25) is 0 Å². The van der Waals surface area contributed by atoms with Crippen molar-refractivity contribution in [2.24, 2.45) is 46.3 Å². The Labute approximate surface area is 184 Å². The van der Waals surface area contributed by atoms with Gasteiger partial charge in [0.15, 0.2) is 0 Å². The van der Waals surface area contributed by atoms with Crippen LogP contribution in [0, 0.1) is 46.3 Å². The van der Waals surface area contributed by atoms with Gasteiger partial charge < -0.3 is 15.5 Å². The van der Waals surface area contributed by atoms with Gasteiger partial charge in [-0.15, -0.1) is 0 Å². The summed E-state index contributed by atoms with van der Waals surface area (Å²) >= 11 is 0. The number of rotatable bonds is 2. The molecule has 30 heavy (non-hydrogen) atoms. The lowest BCUT2D eigenvalue weighted by molar-refractivity contribution is -0.138. The average Bonchev–Trinajstić information content (AvgIpc) is 3.08. The average molecular weight is 416 g/mol. The first kappa shape index (κ1) is 21.5. The summed E-state index contributed by atoms with van der Waals surface area (Å²) in [6.45, 7) is 10.9. The van der Waals surface area contributed by atoms with Crippen LogP contribution >= 0.6 is 0 Å². The third kappa shape index (κ3) is 3.09. The maximum Gasteiger partial charge on any atom is 0.0602 e. The van der Waals surface area contributed by atoms with Crippen LogP contribution < -0.4 is 5.32 Å². The highest BCUT2D eigenvalue weighted by Gasteiger charge is 2.63. The molecule has 5 rings (SSSR count). The van der Waals surface area contributed by atoms with Gasteiger partial charge in [0.1, 0.15) is 0 Å². The maximum atomic E-state index is 11.7. The minimum atomic E-state index is -0.177. The molecule has 1 heterocycles. The second-order valence-corrected chi connectivity index (χ2v) is 12.5. The summed E-state index contributed by atoms with van der Waals surface area (Å²) in [6.07, 6.45) is 12.5. The van der Waals surface area contributed by atoms with Crippen LogP contribution in [0.4, 0.5) is 0 Å². The van der Waals surface area contributed by atoms with E-state index in [-0.39, 0.29) is 23.0 Å². The van der Waals surface area contributed by atoms with Gasteiger partial charge in [-0.25, -0.2) is 0 Å². The van der Waals surface area contributed by atoms with Gasteiger partial charge in [-0.3, -0.25) is 0 Å². The highest BCUT2D eigenvalue weighted by Crippen LogP contribution is 2.67. The third-order valence-corrected chi connectivity index (χ3v) is 11.2. The van der Waals surface area contributed by atoms with E-state index in [0.29, 0.717) is 29.7 Å². The Hall–Kier alpha value is -0.380. The summed E-state index contributed by atoms with van der Waals surface area (Å²) in [6, 6.07) is 0.627. The van der Waals surface area contributed by atoms with Crippen molar-refractivity contribution < 1.29 is 10.2 Å². The van der Waals surface area contributed by atoms with E-state index in [0.717, 1.165) is 44.1 Å². The lowest BCUT2D eigenvalue weighted by Gasteiger charge is -2.60. The highest BCUT2D eigenvalue weighted by molar-refractivity contribution is 5.26. The molecule has 4 aliphatic carbocycles. The molecule has 0 aromatic heterocycles. The van der Waals surface area contributed by atoms with Gasteiger partial charge in [-0.2, -0.15) is 0 Å². The predicted octanol–water partition coefficient (Wildman–Crippen LogP) is 4.92. The molecule has 3 N–H and O–H groups in total. The normalized spacial score (nSPS) is 54.5. The molecule has 0 unspecified atom stereocenters. The van der Waals surface area contributed by atoms with Crippen LogP contribution in [0.5, 0.6) is 0 Å². The number of hydrogen-bond acceptors (Lipinski definition) is 3. The van der Waals surface area contributed by atoms with E-state index >= 15 is 0 Å². The molecule has 1 saturated heterocycles. The summed E-state index contributed by atoms with van der Waals surface area (Å²) < 4.78 is 0. The zero-order valence-electron chi connectivity index (χ0n) is 19.7. The van der Waals surface area contributed by atoms with Crippen molar-refractivity contribution in [2.75, 3.05) is 6.54 Å². The highest BCUT2D eigenvalue weighted by atomic mass is 16.3. The zero-order chi connectivity index (χ0) is 21.3. The summed E-state index contributed by atoms with van der Waals surface area (Å²) in [5.74, 6) is 4.06. The second kappa shape index (κ2) is 7.59. The van der Waals surface area contributed by atoms with Gasteiger partial charge in [0, 0.05) is 6.04 Å². The number of aliphatic hydroxyl groups excluding tert-OH is 2. The Kier molecular flexibility index (Phi) is 5.43. The molecule has 170 valence electrons. The van der Waals surface area contributed by atoms with E-state index in [1.165, 1.54) is 37.7 Å². The topological polar surface area (TPSA) is 52.5 Å². The first-order valence-electron chi connectivity index (χ1n) is 13.0. The largest absolute Gasteiger partial charge is 0.393 e. The number of piperidine rings is 1. The van der Waals surface area contributed by atoms with Crippen LogP contribution in [-0.4, -0.2) is 35.0 Å². The molecule has 3 heteroatoms. The lowest BCUT2D eigenvalue weighted by Crippen LogP contribution is -2.58. The number of fused-ring (bicyclic) bond motifs is 5. The van der Waals surface area contributed by atoms with Crippen LogP contribution in [0.2, 0.25) is 0 Å². The standard InChI is InChI=1S/C27H45NO2/c1-16-5-10-24(28-15-16)17(2)21-8-9-22-20-7-6-18-13-19(29)11-12-26(18,3)23(20)14-25(30)27(21,22)4/h6,16-17,19-25,28-30H,5,7-15H2,1-4H3/t16-,17-,19-,20-,21+,22-,23-,24-,25-,26-,27-/m0/s1. The molecule has 0 radical (unpaired) electrons. The maximum absolute atomic E-state index is 11.7. The van der Waals surface area contributed by atoms with Gasteiger partial charge in [0.05, 0.1) is 12.2 Å². The number of nitrogens with one attached hydrogen (secondary N) is 1. The Morgan fingerprint density at radius 2 is 1.87 bits per heavy atom. The van der Waals surface area contributed by atoms with E-state index in [2.05, 4.69) is 39.1 Å². The van der Waals surface area contributed by atoms with Crippen molar-refractivity contribution in [3.8, 4) is 0 Å². The fourth-order valence-electron chi connectivity index (χ4n) is 9.25. The van der Waals surface area contributed by atoms with Gasteiger partial charge in [0.25, 0.3) is 0 Å². The number of hydrogen-bond donors (Lipinski definition) is 3. The molecular formula is C27H45NO2. The Balaban J connectivity index is 1.40. The minimum absolute atomic E-state index is 0.0706. The van der Waals surface area contributed by atoms with Crippen molar-refractivity contribution in [2.45, 2.75) is 104 Å². The van der Waals surface area contributed by atoms with Crippen molar-refractivity contribution in [1.29, 1.82) is 0 Å². The first-order valence-corrected chi connectivity index (χ1v) is 13.0. The molecule has 4 fully saturated rings. The van der Waals surface area contributed by atoms with Gasteiger partial charge in [-0.1, -0.05) is 39.3 Å². The van der Waals surface area contributed by atoms with E-state index in [9.17, 15) is 10.2 Å². The number of aliphatic hydroxyl groups is 2. The SMILES string of the molecule is C[C@H]1CC[C@@H]([C@@H](C)[C@H]2CC[C@H]3[C@@H]4CC=C5C[C@@H](O)CC[C@]5(C)[C@H]4C[C@H](O)[C@@]23C)NC1. The minimum Gasteiger partial charge on any atom is -0.393 e. The molecule has 3 nitrogen and oxygen atoms in total. The van der Waals surface area contributed by atoms with E-state index < -0.39 is 0 Å². The van der Waals surface area contributed by atoms with Crippen molar-refractivity contribution in [3.05, 3.63) is 11.6 Å². The fraction of sp³-hybridized carbons (Fsp3) is 0.926. The van der Waals surface area contributed by atoms with Crippen LogP contribution in [0.3, 0.4) is 0 Å². The molecule has 5 aliphatic rings. The van der Waals surface area contributed by atoms with E-state index in [4.69, 9.17) is 0 Å². The Morgan fingerprint density at radius 1 is 1.07 bits per heavy atom. The summed E-state index contributed by atoms with van der Waals surface area (Å²) in [7, 11) is 0.